The molecule has 1 aromatic rings. The number of likely N-dealkylation sites (N-methyl/N-ethyl adjacent to an activating group) is 1. The SMILES string of the molecule is C[C@@H]1[C@@H](c2ccccc2)OC(=O)[C@@H]2[C@H]3C(=O)N(CCCO)[C@@H]4C(=O)N(C5CCCCC5)CC=C[C@]34O[C@@H]2/C=C\CCC(=O)N1C. The van der Waals surface area contributed by atoms with Crippen LogP contribution < -0.4 is 0 Å². The predicted octanol–water partition coefficient (Wildman–Crippen LogP) is 3.16. The average Bonchev–Trinajstić information content (AvgIpc) is 3.44. The molecule has 4 aliphatic heterocycles. The van der Waals surface area contributed by atoms with Crippen LogP contribution in [0.25, 0.3) is 0 Å². The molecular formula is C35H45N3O7. The number of carbonyl (C=O) groups is 4. The lowest BCUT2D eigenvalue weighted by Gasteiger charge is -2.39. The number of hydrogen-bond donors (Lipinski definition) is 1. The van der Waals surface area contributed by atoms with Crippen LogP contribution in [0.1, 0.15) is 70.0 Å². The maximum Gasteiger partial charge on any atom is 0.313 e. The minimum atomic E-state index is -1.37. The zero-order valence-corrected chi connectivity index (χ0v) is 26.3. The van der Waals surface area contributed by atoms with Gasteiger partial charge < -0.3 is 29.3 Å². The van der Waals surface area contributed by atoms with Gasteiger partial charge in [0.1, 0.15) is 23.7 Å². The van der Waals surface area contributed by atoms with Crippen molar-refractivity contribution in [2.24, 2.45) is 11.8 Å². The second-order valence-electron chi connectivity index (χ2n) is 13.1. The molecule has 4 heterocycles. The zero-order valence-electron chi connectivity index (χ0n) is 26.3. The Morgan fingerprint density at radius 2 is 1.76 bits per heavy atom. The summed E-state index contributed by atoms with van der Waals surface area (Å²) < 4.78 is 13.1. The van der Waals surface area contributed by atoms with E-state index in [4.69, 9.17) is 9.47 Å². The number of benzene rings is 1. The van der Waals surface area contributed by atoms with Crippen molar-refractivity contribution in [3.05, 3.63) is 60.2 Å². The molecule has 1 saturated carbocycles. The van der Waals surface area contributed by atoms with E-state index in [0.717, 1.165) is 37.7 Å². The van der Waals surface area contributed by atoms with Crippen molar-refractivity contribution >= 4 is 23.7 Å². The van der Waals surface area contributed by atoms with Crippen molar-refractivity contribution in [2.45, 2.75) is 94.2 Å². The Hall–Kier alpha value is -3.50. The summed E-state index contributed by atoms with van der Waals surface area (Å²) in [5, 5.41) is 9.71. The number of likely N-dealkylation sites (tertiary alicyclic amines) is 1. The smallest absolute Gasteiger partial charge is 0.313 e. The van der Waals surface area contributed by atoms with E-state index < -0.39 is 47.7 Å². The first-order chi connectivity index (χ1) is 21.8. The van der Waals surface area contributed by atoms with Gasteiger partial charge in [-0.2, -0.15) is 0 Å². The molecule has 7 atom stereocenters. The molecule has 6 rings (SSSR count). The Kier molecular flexibility index (Phi) is 9.15. The molecule has 3 amide bonds. The van der Waals surface area contributed by atoms with Gasteiger partial charge in [-0.05, 0) is 38.2 Å². The molecule has 0 aromatic heterocycles. The summed E-state index contributed by atoms with van der Waals surface area (Å²) in [4.78, 5) is 61.5. The Labute approximate surface area is 265 Å². The van der Waals surface area contributed by atoms with Gasteiger partial charge in [0.25, 0.3) is 0 Å². The Bertz CT molecular complexity index is 1340. The molecule has 1 aromatic carbocycles. The Morgan fingerprint density at radius 1 is 1.00 bits per heavy atom. The van der Waals surface area contributed by atoms with Gasteiger partial charge in [0.15, 0.2) is 0 Å². The second-order valence-corrected chi connectivity index (χ2v) is 13.1. The summed E-state index contributed by atoms with van der Waals surface area (Å²) in [5.41, 5.74) is -0.629. The van der Waals surface area contributed by atoms with Crippen LogP contribution >= 0.6 is 0 Å². The monoisotopic (exact) mass is 619 g/mol. The highest BCUT2D eigenvalue weighted by Gasteiger charge is 2.72. The standard InChI is InChI=1S/C35H45N3O7/c1-23-30(24-13-5-3-6-14-24)44-34(43)28-26(17-9-10-18-27(40)36(23)2)45-35-19-11-20-37(25-15-7-4-8-16-25)33(42)31(35)38(21-12-22-39)32(41)29(28)35/h3,5-6,9,11,13-14,17,19,23,25-26,28-31,39H,4,7-8,10,12,15-16,18,20-22H2,1-2H3/b17-9-/t23-,26-,28+,29+,30+,31-,35+/m1/s1. The minimum Gasteiger partial charge on any atom is -0.455 e. The van der Waals surface area contributed by atoms with Gasteiger partial charge in [-0.3, -0.25) is 19.2 Å². The lowest BCUT2D eigenvalue weighted by atomic mass is 9.77. The van der Waals surface area contributed by atoms with Crippen LogP contribution in [-0.4, -0.2) is 100 Å². The molecule has 5 aliphatic rings. The van der Waals surface area contributed by atoms with Gasteiger partial charge in [-0.1, -0.05) is 73.9 Å². The summed E-state index contributed by atoms with van der Waals surface area (Å²) >= 11 is 0. The number of ether oxygens (including phenoxy) is 2. The lowest BCUT2D eigenvalue weighted by Crippen LogP contribution is -2.57. The summed E-state index contributed by atoms with van der Waals surface area (Å²) in [6, 6.07) is 7.98. The topological polar surface area (TPSA) is 117 Å². The molecule has 45 heavy (non-hydrogen) atoms. The number of amides is 3. The fraction of sp³-hybridized carbons (Fsp3) is 0.600. The van der Waals surface area contributed by atoms with Gasteiger partial charge in [-0.25, -0.2) is 0 Å². The van der Waals surface area contributed by atoms with Crippen LogP contribution in [0.5, 0.6) is 0 Å². The van der Waals surface area contributed by atoms with E-state index in [0.29, 0.717) is 19.4 Å². The van der Waals surface area contributed by atoms with E-state index in [1.165, 1.54) is 0 Å². The number of aliphatic hydroxyl groups excluding tert-OH is 1. The molecule has 1 aliphatic carbocycles. The first-order valence-corrected chi connectivity index (χ1v) is 16.5. The third-order valence-electron chi connectivity index (χ3n) is 10.5. The van der Waals surface area contributed by atoms with Crippen molar-refractivity contribution in [2.75, 3.05) is 26.7 Å². The van der Waals surface area contributed by atoms with Crippen molar-refractivity contribution in [1.29, 1.82) is 0 Å². The van der Waals surface area contributed by atoms with Crippen LogP contribution in [0.15, 0.2) is 54.6 Å². The Morgan fingerprint density at radius 3 is 2.49 bits per heavy atom. The minimum absolute atomic E-state index is 0.0704. The summed E-state index contributed by atoms with van der Waals surface area (Å²) in [7, 11) is 1.72. The van der Waals surface area contributed by atoms with E-state index in [1.807, 2.05) is 60.4 Å². The number of hydrogen-bond acceptors (Lipinski definition) is 7. The Balaban J connectivity index is 1.42. The summed E-state index contributed by atoms with van der Waals surface area (Å²) in [6.45, 7) is 2.32. The molecule has 242 valence electrons. The maximum absolute atomic E-state index is 14.5. The molecule has 1 N–H and O–H groups in total. The van der Waals surface area contributed by atoms with Crippen molar-refractivity contribution in [3.8, 4) is 0 Å². The molecule has 10 nitrogen and oxygen atoms in total. The lowest BCUT2D eigenvalue weighted by molar-refractivity contribution is -0.164. The van der Waals surface area contributed by atoms with E-state index in [9.17, 15) is 24.3 Å². The third-order valence-corrected chi connectivity index (χ3v) is 10.5. The third kappa shape index (κ3) is 5.60. The number of nitrogens with zero attached hydrogens (tertiary/aromatic N) is 3. The van der Waals surface area contributed by atoms with Crippen LogP contribution in [0, 0.1) is 11.8 Å². The summed E-state index contributed by atoms with van der Waals surface area (Å²) in [6.07, 6.45) is 11.9. The van der Waals surface area contributed by atoms with Gasteiger partial charge in [0, 0.05) is 39.2 Å². The molecule has 0 radical (unpaired) electrons. The average molecular weight is 620 g/mol. The summed E-state index contributed by atoms with van der Waals surface area (Å²) in [5.74, 6) is -3.16. The normalized spacial score (nSPS) is 35.2. The van der Waals surface area contributed by atoms with E-state index in [1.54, 1.807) is 22.9 Å². The van der Waals surface area contributed by atoms with E-state index >= 15 is 0 Å². The molecule has 0 unspecified atom stereocenters. The predicted molar refractivity (Wildman–Crippen MR) is 165 cm³/mol. The van der Waals surface area contributed by atoms with Gasteiger partial charge in [0.2, 0.25) is 17.7 Å². The molecule has 2 saturated heterocycles. The number of aliphatic hydroxyl groups is 1. The number of cyclic esters (lactones) is 1. The van der Waals surface area contributed by atoms with Crippen LogP contribution in [0.3, 0.4) is 0 Å². The maximum atomic E-state index is 14.5. The fourth-order valence-electron chi connectivity index (χ4n) is 8.11. The highest BCUT2D eigenvalue weighted by molar-refractivity contribution is 5.99. The molecule has 3 fully saturated rings. The van der Waals surface area contributed by atoms with Gasteiger partial charge in [0.05, 0.1) is 18.1 Å². The van der Waals surface area contributed by atoms with Crippen molar-refractivity contribution < 1.29 is 33.8 Å². The van der Waals surface area contributed by atoms with Crippen LogP contribution in [0.2, 0.25) is 0 Å². The number of fused-ring (bicyclic) bond motifs is 2. The van der Waals surface area contributed by atoms with Crippen molar-refractivity contribution in [3.63, 3.8) is 0 Å². The first-order valence-electron chi connectivity index (χ1n) is 16.5. The van der Waals surface area contributed by atoms with Gasteiger partial charge >= 0.3 is 5.97 Å². The fourth-order valence-corrected chi connectivity index (χ4v) is 8.11. The largest absolute Gasteiger partial charge is 0.455 e. The highest BCUT2D eigenvalue weighted by Crippen LogP contribution is 2.53. The van der Waals surface area contributed by atoms with E-state index in [2.05, 4.69) is 0 Å². The highest BCUT2D eigenvalue weighted by atomic mass is 16.6. The number of esters is 1. The zero-order chi connectivity index (χ0) is 31.7. The van der Waals surface area contributed by atoms with Gasteiger partial charge in [-0.15, -0.1) is 0 Å². The van der Waals surface area contributed by atoms with E-state index in [-0.39, 0.29) is 43.3 Å². The molecule has 0 bridgehead atoms. The molecule has 10 heteroatoms. The molecule has 1 spiro atoms. The number of allylic oxidation sites excluding steroid dienone is 1. The quantitative estimate of drug-likeness (QED) is 0.398. The first kappa shape index (κ1) is 31.5. The van der Waals surface area contributed by atoms with Crippen LogP contribution in [-0.2, 0) is 28.7 Å². The molecular weight excluding hydrogens is 574 g/mol. The number of carbonyl (C=O) groups excluding carboxylic acids is 4. The van der Waals surface area contributed by atoms with Crippen molar-refractivity contribution in [1.82, 2.24) is 14.7 Å². The van der Waals surface area contributed by atoms with Crippen LogP contribution in [0.4, 0.5) is 0 Å². The second kappa shape index (κ2) is 13.1. The number of rotatable bonds is 5.